The summed E-state index contributed by atoms with van der Waals surface area (Å²) in [5, 5.41) is 12.9. The molecule has 1 unspecified atom stereocenters. The van der Waals surface area contributed by atoms with E-state index in [0.717, 1.165) is 15.6 Å². The van der Waals surface area contributed by atoms with Gasteiger partial charge in [-0.3, -0.25) is 14.7 Å². The van der Waals surface area contributed by atoms with E-state index in [4.69, 9.17) is 0 Å². The molecule has 1 aliphatic heterocycles. The highest BCUT2D eigenvalue weighted by Gasteiger charge is 2.52. The van der Waals surface area contributed by atoms with Crippen molar-refractivity contribution in [2.75, 3.05) is 0 Å². The van der Waals surface area contributed by atoms with Gasteiger partial charge in [-0.15, -0.1) is 11.3 Å². The minimum Gasteiger partial charge on any atom is -0.361 e. The lowest BCUT2D eigenvalue weighted by molar-refractivity contribution is -0.0541. The van der Waals surface area contributed by atoms with Crippen molar-refractivity contribution in [2.45, 2.75) is 12.3 Å². The third kappa shape index (κ3) is 2.40. The molecule has 1 amide bonds. The molecule has 2 aromatic carbocycles. The lowest BCUT2D eigenvalue weighted by Crippen LogP contribution is -2.44. The van der Waals surface area contributed by atoms with Gasteiger partial charge in [-0.05, 0) is 35.2 Å². The Morgan fingerprint density at radius 3 is 2.59 bits per heavy atom. The van der Waals surface area contributed by atoms with E-state index in [0.29, 0.717) is 22.7 Å². The number of fused-ring (bicyclic) bond motifs is 2. The molecule has 3 heterocycles. The number of aliphatic hydroxyl groups is 1. The fourth-order valence-corrected chi connectivity index (χ4v) is 4.79. The highest BCUT2D eigenvalue weighted by Crippen LogP contribution is 2.45. The number of hydrogen-bond donors (Lipinski definition) is 1. The van der Waals surface area contributed by atoms with Crippen LogP contribution in [0.3, 0.4) is 0 Å². The summed E-state index contributed by atoms with van der Waals surface area (Å²) in [6, 6.07) is 23.1. The molecule has 0 saturated heterocycles. The van der Waals surface area contributed by atoms with Crippen LogP contribution in [0.4, 0.5) is 0 Å². The molecule has 0 fully saturated rings. The van der Waals surface area contributed by atoms with Crippen LogP contribution in [0.5, 0.6) is 0 Å². The maximum absolute atomic E-state index is 13.1. The highest BCUT2D eigenvalue weighted by atomic mass is 32.1. The van der Waals surface area contributed by atoms with Gasteiger partial charge >= 0.3 is 0 Å². The Morgan fingerprint density at radius 1 is 1.00 bits per heavy atom. The van der Waals surface area contributed by atoms with Gasteiger partial charge in [-0.25, -0.2) is 0 Å². The molecule has 0 aliphatic carbocycles. The molecular formula is C22H16N2O2S. The van der Waals surface area contributed by atoms with E-state index in [1.165, 1.54) is 16.2 Å². The van der Waals surface area contributed by atoms with Crippen molar-refractivity contribution in [3.63, 3.8) is 0 Å². The van der Waals surface area contributed by atoms with E-state index in [9.17, 15) is 9.90 Å². The van der Waals surface area contributed by atoms with E-state index >= 15 is 0 Å². The van der Waals surface area contributed by atoms with Crippen molar-refractivity contribution >= 4 is 27.3 Å². The zero-order valence-corrected chi connectivity index (χ0v) is 15.2. The first-order valence-electron chi connectivity index (χ1n) is 8.71. The number of amides is 1. The largest absolute Gasteiger partial charge is 0.361 e. The number of aromatic nitrogens is 1. The zero-order valence-electron chi connectivity index (χ0n) is 14.4. The number of pyridine rings is 1. The summed E-state index contributed by atoms with van der Waals surface area (Å²) in [7, 11) is 0. The third-order valence-corrected chi connectivity index (χ3v) is 6.17. The number of hydrogen-bond acceptors (Lipinski definition) is 4. The fourth-order valence-electron chi connectivity index (χ4n) is 3.63. The molecule has 4 aromatic rings. The first kappa shape index (κ1) is 16.2. The van der Waals surface area contributed by atoms with Gasteiger partial charge in [0.2, 0.25) is 5.72 Å². The van der Waals surface area contributed by atoms with Crippen LogP contribution >= 0.6 is 11.3 Å². The number of benzene rings is 2. The lowest BCUT2D eigenvalue weighted by atomic mass is 10.0. The Balaban J connectivity index is 1.70. The predicted octanol–water partition coefficient (Wildman–Crippen LogP) is 4.15. The summed E-state index contributed by atoms with van der Waals surface area (Å²) in [5.41, 5.74) is 0.233. The molecule has 0 saturated carbocycles. The Bertz CT molecular complexity index is 1120. The van der Waals surface area contributed by atoms with Crippen LogP contribution < -0.4 is 0 Å². The van der Waals surface area contributed by atoms with E-state index in [1.54, 1.807) is 18.3 Å². The third-order valence-electron chi connectivity index (χ3n) is 4.96. The Labute approximate surface area is 160 Å². The molecule has 0 radical (unpaired) electrons. The predicted molar refractivity (Wildman–Crippen MR) is 105 cm³/mol. The van der Waals surface area contributed by atoms with Crippen LogP contribution in [0.1, 0.15) is 26.5 Å². The molecule has 4 nitrogen and oxygen atoms in total. The second kappa shape index (κ2) is 6.01. The van der Waals surface area contributed by atoms with Crippen molar-refractivity contribution in [2.24, 2.45) is 0 Å². The topological polar surface area (TPSA) is 53.4 Å². The molecule has 2 aromatic heterocycles. The minimum absolute atomic E-state index is 0.207. The monoisotopic (exact) mass is 372 g/mol. The van der Waals surface area contributed by atoms with Gasteiger partial charge in [0.15, 0.2) is 0 Å². The van der Waals surface area contributed by atoms with Crippen LogP contribution in [0.25, 0.3) is 10.1 Å². The summed E-state index contributed by atoms with van der Waals surface area (Å²) < 4.78 is 1.07. The molecule has 1 aliphatic rings. The van der Waals surface area contributed by atoms with Gasteiger partial charge in [0.05, 0.1) is 10.4 Å². The van der Waals surface area contributed by atoms with Gasteiger partial charge < -0.3 is 5.11 Å². The maximum atomic E-state index is 13.1. The smallest absolute Gasteiger partial charge is 0.259 e. The summed E-state index contributed by atoms with van der Waals surface area (Å²) in [6.07, 6.45) is 1.62. The van der Waals surface area contributed by atoms with Crippen LogP contribution in [-0.2, 0) is 12.3 Å². The molecular weight excluding hydrogens is 356 g/mol. The quantitative estimate of drug-likeness (QED) is 0.588. The Morgan fingerprint density at radius 2 is 1.78 bits per heavy atom. The number of carbonyl (C=O) groups excluding carboxylic acids is 1. The summed E-state index contributed by atoms with van der Waals surface area (Å²) in [6.45, 7) is 0.306. The van der Waals surface area contributed by atoms with E-state index in [2.05, 4.69) is 4.98 Å². The molecule has 5 rings (SSSR count). The van der Waals surface area contributed by atoms with E-state index < -0.39 is 5.72 Å². The average Bonchev–Trinajstić information content (AvgIpc) is 3.24. The van der Waals surface area contributed by atoms with Crippen molar-refractivity contribution in [1.82, 2.24) is 9.88 Å². The zero-order chi connectivity index (χ0) is 18.4. The van der Waals surface area contributed by atoms with Gasteiger partial charge in [0, 0.05) is 17.4 Å². The number of carbonyl (C=O) groups is 1. The van der Waals surface area contributed by atoms with Gasteiger partial charge in [0.1, 0.15) is 5.69 Å². The number of thiophene rings is 1. The molecule has 0 bridgehead atoms. The standard InChI is InChI=1S/C22H16N2O2S/c25-21-17-10-6-12-23-20(17)22(26,24(21)14-15-7-2-1-3-8-15)19-13-16-9-4-5-11-18(16)27-19/h1-13,26H,14H2. The van der Waals surface area contributed by atoms with Gasteiger partial charge in [-0.1, -0.05) is 48.5 Å². The number of rotatable bonds is 3. The Kier molecular flexibility index (Phi) is 3.60. The highest BCUT2D eigenvalue weighted by molar-refractivity contribution is 7.19. The molecule has 1 atom stereocenters. The first-order chi connectivity index (χ1) is 13.2. The maximum Gasteiger partial charge on any atom is 0.259 e. The molecule has 1 N–H and O–H groups in total. The van der Waals surface area contributed by atoms with E-state index in [-0.39, 0.29) is 5.91 Å². The van der Waals surface area contributed by atoms with Crippen molar-refractivity contribution in [3.05, 3.63) is 101 Å². The average molecular weight is 372 g/mol. The normalized spacial score (nSPS) is 18.9. The lowest BCUT2D eigenvalue weighted by Gasteiger charge is -2.32. The molecule has 27 heavy (non-hydrogen) atoms. The van der Waals surface area contributed by atoms with Gasteiger partial charge in [0.25, 0.3) is 5.91 Å². The van der Waals surface area contributed by atoms with Gasteiger partial charge in [-0.2, -0.15) is 0 Å². The van der Waals surface area contributed by atoms with Crippen LogP contribution in [0, 0.1) is 0 Å². The van der Waals surface area contributed by atoms with Crippen molar-refractivity contribution in [1.29, 1.82) is 0 Å². The SMILES string of the molecule is O=C1c2cccnc2C(O)(c2cc3ccccc3s2)N1Cc1ccccc1. The van der Waals surface area contributed by atoms with Crippen LogP contribution in [0.2, 0.25) is 0 Å². The first-order valence-corrected chi connectivity index (χ1v) is 9.52. The summed E-state index contributed by atoms with van der Waals surface area (Å²) in [4.78, 5) is 19.7. The Hall–Kier alpha value is -3.02. The van der Waals surface area contributed by atoms with Crippen LogP contribution in [0.15, 0.2) is 79.0 Å². The van der Waals surface area contributed by atoms with Crippen molar-refractivity contribution in [3.8, 4) is 0 Å². The van der Waals surface area contributed by atoms with Crippen molar-refractivity contribution < 1.29 is 9.90 Å². The summed E-state index contributed by atoms with van der Waals surface area (Å²) in [5.74, 6) is -0.207. The molecule has 5 heteroatoms. The van der Waals surface area contributed by atoms with Crippen LogP contribution in [-0.4, -0.2) is 20.9 Å². The number of nitrogens with zero attached hydrogens (tertiary/aromatic N) is 2. The minimum atomic E-state index is -1.58. The summed E-state index contributed by atoms with van der Waals surface area (Å²) >= 11 is 1.49. The second-order valence-corrected chi connectivity index (χ2v) is 7.68. The molecule has 0 spiro atoms. The second-order valence-electron chi connectivity index (χ2n) is 6.60. The van der Waals surface area contributed by atoms with E-state index in [1.807, 2.05) is 60.7 Å². The molecule has 132 valence electrons. The fraction of sp³-hybridized carbons (Fsp3) is 0.0909.